The van der Waals surface area contributed by atoms with Crippen LogP contribution < -0.4 is 4.74 Å². The van der Waals surface area contributed by atoms with Gasteiger partial charge in [0.15, 0.2) is 0 Å². The van der Waals surface area contributed by atoms with Gasteiger partial charge < -0.3 is 14.5 Å². The zero-order chi connectivity index (χ0) is 16.2. The fourth-order valence-electron chi connectivity index (χ4n) is 3.02. The lowest BCUT2D eigenvalue weighted by Gasteiger charge is -2.32. The quantitative estimate of drug-likeness (QED) is 0.784. The highest BCUT2D eigenvalue weighted by Gasteiger charge is 2.22. The van der Waals surface area contributed by atoms with Crippen LogP contribution in [0.4, 0.5) is 0 Å². The summed E-state index contributed by atoms with van der Waals surface area (Å²) < 4.78 is 11.6. The van der Waals surface area contributed by atoms with Crippen LogP contribution in [0.3, 0.4) is 0 Å². The maximum Gasteiger partial charge on any atom is 0.121 e. The van der Waals surface area contributed by atoms with Crippen molar-refractivity contribution in [1.82, 2.24) is 14.9 Å². The third kappa shape index (κ3) is 3.58. The van der Waals surface area contributed by atoms with E-state index in [0.29, 0.717) is 6.61 Å². The standard InChI is InChI=1S/C19H21N3O2/c1-2-6-15(7-3-1)24-14-16-12-22(10-11-23-16)13-19-20-17-8-4-5-9-18(17)21-19/h1-9,16H,10-14H2,(H,20,21)/t16-/m0/s1. The smallest absolute Gasteiger partial charge is 0.121 e. The number of hydrogen-bond acceptors (Lipinski definition) is 4. The fraction of sp³-hybridized carbons (Fsp3) is 0.316. The molecule has 0 radical (unpaired) electrons. The van der Waals surface area contributed by atoms with Crippen molar-refractivity contribution in [2.24, 2.45) is 0 Å². The highest BCUT2D eigenvalue weighted by atomic mass is 16.5. The number of H-pyrrole nitrogens is 1. The predicted molar refractivity (Wildman–Crippen MR) is 93.0 cm³/mol. The minimum absolute atomic E-state index is 0.0864. The van der Waals surface area contributed by atoms with Gasteiger partial charge in [-0.2, -0.15) is 0 Å². The second-order valence-corrected chi connectivity index (χ2v) is 6.05. The van der Waals surface area contributed by atoms with E-state index in [1.807, 2.05) is 48.5 Å². The number of fused-ring (bicyclic) bond motifs is 1. The number of ether oxygens (including phenoxy) is 2. The molecule has 1 aliphatic rings. The van der Waals surface area contributed by atoms with Gasteiger partial charge in [0.25, 0.3) is 0 Å². The van der Waals surface area contributed by atoms with Gasteiger partial charge in [-0.25, -0.2) is 4.98 Å². The van der Waals surface area contributed by atoms with Crippen molar-refractivity contribution in [2.75, 3.05) is 26.3 Å². The summed E-state index contributed by atoms with van der Waals surface area (Å²) in [5.41, 5.74) is 2.11. The maximum atomic E-state index is 5.83. The molecule has 5 nitrogen and oxygen atoms in total. The van der Waals surface area contributed by atoms with Crippen molar-refractivity contribution < 1.29 is 9.47 Å². The minimum Gasteiger partial charge on any atom is -0.491 e. The number of benzene rings is 2. The minimum atomic E-state index is 0.0864. The topological polar surface area (TPSA) is 50.4 Å². The largest absolute Gasteiger partial charge is 0.491 e. The van der Waals surface area contributed by atoms with Crippen LogP contribution in [0, 0.1) is 0 Å². The molecule has 4 rings (SSSR count). The lowest BCUT2D eigenvalue weighted by molar-refractivity contribution is -0.0509. The van der Waals surface area contributed by atoms with E-state index < -0.39 is 0 Å². The molecule has 1 atom stereocenters. The molecule has 0 unspecified atom stereocenters. The summed E-state index contributed by atoms with van der Waals surface area (Å²) >= 11 is 0. The van der Waals surface area contributed by atoms with Crippen molar-refractivity contribution in [3.63, 3.8) is 0 Å². The van der Waals surface area contributed by atoms with Gasteiger partial charge in [0, 0.05) is 13.1 Å². The Kier molecular flexibility index (Phi) is 4.44. The number of rotatable bonds is 5. The molecule has 0 amide bonds. The van der Waals surface area contributed by atoms with Crippen molar-refractivity contribution in [3.8, 4) is 5.75 Å². The van der Waals surface area contributed by atoms with Crippen LogP contribution in [-0.2, 0) is 11.3 Å². The van der Waals surface area contributed by atoms with E-state index in [-0.39, 0.29) is 6.10 Å². The maximum absolute atomic E-state index is 5.83. The second kappa shape index (κ2) is 7.03. The predicted octanol–water partition coefficient (Wildman–Crippen LogP) is 2.84. The van der Waals surface area contributed by atoms with E-state index in [1.54, 1.807) is 0 Å². The summed E-state index contributed by atoms with van der Waals surface area (Å²) in [5, 5.41) is 0. The van der Waals surface area contributed by atoms with Crippen LogP contribution in [-0.4, -0.2) is 47.3 Å². The van der Waals surface area contributed by atoms with Gasteiger partial charge in [-0.1, -0.05) is 30.3 Å². The van der Waals surface area contributed by atoms with Gasteiger partial charge in [0.05, 0.1) is 24.2 Å². The normalized spacial score (nSPS) is 18.8. The molecule has 1 aromatic heterocycles. The highest BCUT2D eigenvalue weighted by molar-refractivity contribution is 5.74. The van der Waals surface area contributed by atoms with E-state index in [1.165, 1.54) is 0 Å². The van der Waals surface area contributed by atoms with Crippen LogP contribution in [0.15, 0.2) is 54.6 Å². The molecule has 1 N–H and O–H groups in total. The SMILES string of the molecule is c1ccc(OC[C@@H]2CN(Cc3nc4ccccc4[nH]3)CCO2)cc1. The Hall–Kier alpha value is -2.37. The average Bonchev–Trinajstić information content (AvgIpc) is 3.03. The van der Waals surface area contributed by atoms with Gasteiger partial charge in [-0.05, 0) is 24.3 Å². The number of nitrogens with one attached hydrogen (secondary N) is 1. The molecular weight excluding hydrogens is 302 g/mol. The first-order valence-corrected chi connectivity index (χ1v) is 8.32. The summed E-state index contributed by atoms with van der Waals surface area (Å²) in [4.78, 5) is 10.4. The average molecular weight is 323 g/mol. The number of aromatic nitrogens is 2. The molecule has 2 aromatic carbocycles. The van der Waals surface area contributed by atoms with Crippen LogP contribution in [0.2, 0.25) is 0 Å². The summed E-state index contributed by atoms with van der Waals surface area (Å²) in [5.74, 6) is 1.89. The van der Waals surface area contributed by atoms with Crippen molar-refractivity contribution in [2.45, 2.75) is 12.6 Å². The number of aromatic amines is 1. The molecule has 124 valence electrons. The van der Waals surface area contributed by atoms with Gasteiger partial charge in [0.1, 0.15) is 24.3 Å². The Morgan fingerprint density at radius 3 is 2.83 bits per heavy atom. The highest BCUT2D eigenvalue weighted by Crippen LogP contribution is 2.15. The molecule has 0 saturated carbocycles. The molecule has 5 heteroatoms. The zero-order valence-electron chi connectivity index (χ0n) is 13.5. The van der Waals surface area contributed by atoms with E-state index in [4.69, 9.17) is 9.47 Å². The Labute approximate surface area is 141 Å². The van der Waals surface area contributed by atoms with E-state index in [2.05, 4.69) is 20.9 Å². The molecule has 24 heavy (non-hydrogen) atoms. The first-order chi connectivity index (χ1) is 11.9. The number of morpholine rings is 1. The molecule has 1 aliphatic heterocycles. The van der Waals surface area contributed by atoms with Gasteiger partial charge in [-0.15, -0.1) is 0 Å². The lowest BCUT2D eigenvalue weighted by Crippen LogP contribution is -2.44. The first-order valence-electron chi connectivity index (χ1n) is 8.32. The van der Waals surface area contributed by atoms with Crippen molar-refractivity contribution >= 4 is 11.0 Å². The van der Waals surface area contributed by atoms with E-state index in [0.717, 1.165) is 48.8 Å². The summed E-state index contributed by atoms with van der Waals surface area (Å²) in [6.07, 6.45) is 0.0864. The Morgan fingerprint density at radius 2 is 1.96 bits per heavy atom. The van der Waals surface area contributed by atoms with Gasteiger partial charge in [-0.3, -0.25) is 4.90 Å². The monoisotopic (exact) mass is 323 g/mol. The molecule has 2 heterocycles. The molecule has 1 saturated heterocycles. The second-order valence-electron chi connectivity index (χ2n) is 6.05. The van der Waals surface area contributed by atoms with Crippen LogP contribution in [0.1, 0.15) is 5.82 Å². The molecule has 0 bridgehead atoms. The number of hydrogen-bond donors (Lipinski definition) is 1. The summed E-state index contributed by atoms with van der Waals surface area (Å²) in [6.45, 7) is 3.87. The first kappa shape index (κ1) is 15.2. The summed E-state index contributed by atoms with van der Waals surface area (Å²) in [6, 6.07) is 18.0. The number of para-hydroxylation sites is 3. The van der Waals surface area contributed by atoms with Crippen LogP contribution in [0.25, 0.3) is 11.0 Å². The van der Waals surface area contributed by atoms with Crippen LogP contribution >= 0.6 is 0 Å². The number of imidazole rings is 1. The molecular formula is C19H21N3O2. The van der Waals surface area contributed by atoms with E-state index in [9.17, 15) is 0 Å². The Balaban J connectivity index is 1.34. The van der Waals surface area contributed by atoms with E-state index >= 15 is 0 Å². The zero-order valence-corrected chi connectivity index (χ0v) is 13.5. The third-order valence-electron chi connectivity index (χ3n) is 4.21. The van der Waals surface area contributed by atoms with Crippen molar-refractivity contribution in [1.29, 1.82) is 0 Å². The Morgan fingerprint density at radius 1 is 1.12 bits per heavy atom. The fourth-order valence-corrected chi connectivity index (χ4v) is 3.02. The molecule has 0 aliphatic carbocycles. The molecule has 0 spiro atoms. The van der Waals surface area contributed by atoms with Crippen LogP contribution in [0.5, 0.6) is 5.75 Å². The lowest BCUT2D eigenvalue weighted by atomic mass is 10.2. The Bertz CT molecular complexity index is 754. The van der Waals surface area contributed by atoms with Gasteiger partial charge >= 0.3 is 0 Å². The van der Waals surface area contributed by atoms with Gasteiger partial charge in [0.2, 0.25) is 0 Å². The molecule has 1 fully saturated rings. The number of nitrogens with zero attached hydrogens (tertiary/aromatic N) is 2. The summed E-state index contributed by atoms with van der Waals surface area (Å²) in [7, 11) is 0. The third-order valence-corrected chi connectivity index (χ3v) is 4.21. The van der Waals surface area contributed by atoms with Crippen molar-refractivity contribution in [3.05, 3.63) is 60.4 Å². The molecule has 3 aromatic rings.